The van der Waals surface area contributed by atoms with E-state index in [4.69, 9.17) is 22.1 Å². The molecule has 0 radical (unpaired) electrons. The number of nitrogens with two attached hydrogens (primary N) is 1. The van der Waals surface area contributed by atoms with Gasteiger partial charge in [0, 0.05) is 6.54 Å². The van der Waals surface area contributed by atoms with Gasteiger partial charge in [0.1, 0.15) is 0 Å². The van der Waals surface area contributed by atoms with Gasteiger partial charge in [-0.2, -0.15) is 0 Å². The third-order valence-electron chi connectivity index (χ3n) is 1.60. The van der Waals surface area contributed by atoms with E-state index in [1.165, 1.54) is 7.11 Å². The second-order valence-corrected chi connectivity index (χ2v) is 2.67. The number of methoxy groups -OCH3 is 1. The summed E-state index contributed by atoms with van der Waals surface area (Å²) in [6.07, 6.45) is 0. The first-order valence-electron chi connectivity index (χ1n) is 3.45. The van der Waals surface area contributed by atoms with Crippen molar-refractivity contribution in [3.63, 3.8) is 0 Å². The maximum Gasteiger partial charge on any atom is 0.177 e. The van der Waals surface area contributed by atoms with Crippen molar-refractivity contribution >= 4 is 24.0 Å². The zero-order chi connectivity index (χ0) is 9.14. The Labute approximate surface area is 87.9 Å². The highest BCUT2D eigenvalue weighted by molar-refractivity contribution is 6.33. The van der Waals surface area contributed by atoms with Gasteiger partial charge in [0.05, 0.1) is 12.1 Å². The first-order valence-corrected chi connectivity index (χ1v) is 3.83. The molecule has 1 aromatic rings. The van der Waals surface area contributed by atoms with Crippen LogP contribution >= 0.6 is 24.0 Å². The van der Waals surface area contributed by atoms with Crippen LogP contribution in [0, 0.1) is 0 Å². The van der Waals surface area contributed by atoms with Gasteiger partial charge in [-0.25, -0.2) is 0 Å². The summed E-state index contributed by atoms with van der Waals surface area (Å²) < 4.78 is 4.85. The molecule has 0 aliphatic heterocycles. The highest BCUT2D eigenvalue weighted by atomic mass is 35.5. The second-order valence-electron chi connectivity index (χ2n) is 2.29. The predicted molar refractivity (Wildman–Crippen MR) is 54.8 cm³/mol. The average Bonchev–Trinajstić information content (AvgIpc) is 2.10. The molecule has 0 saturated carbocycles. The van der Waals surface area contributed by atoms with Crippen LogP contribution in [0.3, 0.4) is 0 Å². The van der Waals surface area contributed by atoms with Gasteiger partial charge in [-0.15, -0.1) is 12.4 Å². The molecule has 0 saturated heterocycles. The molecule has 0 unspecified atom stereocenters. The highest BCUT2D eigenvalue weighted by Gasteiger charge is 2.09. The minimum absolute atomic E-state index is 0. The van der Waals surface area contributed by atoms with Gasteiger partial charge in [-0.05, 0) is 11.6 Å². The number of ether oxygens (including phenoxy) is 1. The molecule has 5 heteroatoms. The number of phenolic OH excluding ortho intramolecular Hbond substituents is 1. The summed E-state index contributed by atoms with van der Waals surface area (Å²) in [7, 11) is 1.47. The summed E-state index contributed by atoms with van der Waals surface area (Å²) in [5.41, 5.74) is 6.08. The van der Waals surface area contributed by atoms with Gasteiger partial charge < -0.3 is 15.6 Å². The van der Waals surface area contributed by atoms with Crippen molar-refractivity contribution in [3.8, 4) is 11.5 Å². The van der Waals surface area contributed by atoms with E-state index >= 15 is 0 Å². The molecule has 0 aromatic heterocycles. The Kier molecular flexibility index (Phi) is 4.91. The molecule has 1 aromatic carbocycles. The number of hydrogen-bond donors (Lipinski definition) is 2. The first kappa shape index (κ1) is 12.4. The molecule has 13 heavy (non-hydrogen) atoms. The van der Waals surface area contributed by atoms with Crippen molar-refractivity contribution in [3.05, 3.63) is 22.7 Å². The summed E-state index contributed by atoms with van der Waals surface area (Å²) in [6, 6.07) is 3.35. The number of benzene rings is 1. The lowest BCUT2D eigenvalue weighted by Crippen LogP contribution is -1.97. The van der Waals surface area contributed by atoms with Crippen LogP contribution in [0.5, 0.6) is 11.5 Å². The van der Waals surface area contributed by atoms with Gasteiger partial charge >= 0.3 is 0 Å². The Morgan fingerprint density at radius 2 is 2.15 bits per heavy atom. The molecule has 0 heterocycles. The van der Waals surface area contributed by atoms with E-state index in [1.54, 1.807) is 12.1 Å². The summed E-state index contributed by atoms with van der Waals surface area (Å²) in [6.45, 7) is 0.302. The topological polar surface area (TPSA) is 55.5 Å². The number of hydrogen-bond acceptors (Lipinski definition) is 3. The van der Waals surface area contributed by atoms with Crippen LogP contribution in [0.2, 0.25) is 5.02 Å². The van der Waals surface area contributed by atoms with Crippen molar-refractivity contribution < 1.29 is 9.84 Å². The largest absolute Gasteiger partial charge is 0.503 e. The number of aromatic hydroxyl groups is 1. The summed E-state index contributed by atoms with van der Waals surface area (Å²) >= 11 is 5.77. The van der Waals surface area contributed by atoms with E-state index in [0.29, 0.717) is 17.9 Å². The summed E-state index contributed by atoms with van der Waals surface area (Å²) in [4.78, 5) is 0. The fraction of sp³-hybridized carbons (Fsp3) is 0.250. The maximum absolute atomic E-state index is 9.40. The normalized spacial score (nSPS) is 9.15. The lowest BCUT2D eigenvalue weighted by Gasteiger charge is -2.07. The van der Waals surface area contributed by atoms with E-state index in [1.807, 2.05) is 0 Å². The molecule has 0 aliphatic rings. The van der Waals surface area contributed by atoms with Gasteiger partial charge in [0.25, 0.3) is 0 Å². The molecule has 0 aliphatic carbocycles. The summed E-state index contributed by atoms with van der Waals surface area (Å²) in [5, 5.41) is 9.66. The van der Waals surface area contributed by atoms with Gasteiger partial charge in [0.2, 0.25) is 0 Å². The van der Waals surface area contributed by atoms with Crippen LogP contribution in [-0.4, -0.2) is 12.2 Å². The fourth-order valence-corrected chi connectivity index (χ4v) is 1.14. The third kappa shape index (κ3) is 2.40. The molecule has 0 atom stereocenters. The molecule has 0 spiro atoms. The quantitative estimate of drug-likeness (QED) is 0.806. The molecule has 0 fully saturated rings. The molecular formula is C8H11Cl2NO2. The average molecular weight is 224 g/mol. The minimum atomic E-state index is -0.0536. The molecule has 0 bridgehead atoms. The van der Waals surface area contributed by atoms with Crippen molar-refractivity contribution in [2.75, 3.05) is 7.11 Å². The van der Waals surface area contributed by atoms with Gasteiger partial charge in [-0.3, -0.25) is 0 Å². The molecule has 3 nitrogen and oxygen atoms in total. The molecule has 1 rings (SSSR count). The molecular weight excluding hydrogens is 213 g/mol. The van der Waals surface area contributed by atoms with E-state index in [2.05, 4.69) is 0 Å². The molecule has 0 amide bonds. The Bertz CT molecular complexity index is 263. The van der Waals surface area contributed by atoms with Crippen LogP contribution in [0.15, 0.2) is 12.1 Å². The van der Waals surface area contributed by atoms with Crippen LogP contribution in [0.1, 0.15) is 5.56 Å². The van der Waals surface area contributed by atoms with E-state index in [9.17, 15) is 5.11 Å². The Balaban J connectivity index is 0.00000144. The number of rotatable bonds is 2. The van der Waals surface area contributed by atoms with Crippen LogP contribution < -0.4 is 10.5 Å². The van der Waals surface area contributed by atoms with E-state index < -0.39 is 0 Å². The second kappa shape index (κ2) is 5.17. The van der Waals surface area contributed by atoms with Crippen molar-refractivity contribution in [1.29, 1.82) is 0 Å². The fourth-order valence-electron chi connectivity index (χ4n) is 0.911. The zero-order valence-electron chi connectivity index (χ0n) is 7.08. The SMILES string of the molecule is COc1ccc(CN)c(Cl)c1O.Cl. The smallest absolute Gasteiger partial charge is 0.177 e. The van der Waals surface area contributed by atoms with Crippen molar-refractivity contribution in [2.45, 2.75) is 6.54 Å². The van der Waals surface area contributed by atoms with E-state index in [0.717, 1.165) is 0 Å². The van der Waals surface area contributed by atoms with Crippen LogP contribution in [0.25, 0.3) is 0 Å². The van der Waals surface area contributed by atoms with E-state index in [-0.39, 0.29) is 23.2 Å². The molecule has 3 N–H and O–H groups in total. The van der Waals surface area contributed by atoms with Gasteiger partial charge in [-0.1, -0.05) is 17.7 Å². The highest BCUT2D eigenvalue weighted by Crippen LogP contribution is 2.35. The van der Waals surface area contributed by atoms with Crippen molar-refractivity contribution in [1.82, 2.24) is 0 Å². The lowest BCUT2D eigenvalue weighted by atomic mass is 10.2. The Morgan fingerprint density at radius 1 is 1.54 bits per heavy atom. The zero-order valence-corrected chi connectivity index (χ0v) is 8.65. The molecule has 74 valence electrons. The number of halogens is 2. The van der Waals surface area contributed by atoms with Crippen LogP contribution in [-0.2, 0) is 6.54 Å². The predicted octanol–water partition coefficient (Wildman–Crippen LogP) is 1.93. The standard InChI is InChI=1S/C8H10ClNO2.ClH/c1-12-6-3-2-5(4-10)7(9)8(6)11;/h2-3,11H,4,10H2,1H3;1H. The lowest BCUT2D eigenvalue weighted by molar-refractivity contribution is 0.373. The van der Waals surface area contributed by atoms with Gasteiger partial charge in [0.15, 0.2) is 11.5 Å². The summed E-state index contributed by atoms with van der Waals surface area (Å²) in [5.74, 6) is 0.305. The minimum Gasteiger partial charge on any atom is -0.503 e. The maximum atomic E-state index is 9.40. The monoisotopic (exact) mass is 223 g/mol. The Hall–Kier alpha value is -0.640. The third-order valence-corrected chi connectivity index (χ3v) is 2.02. The first-order chi connectivity index (χ1) is 5.70. The van der Waals surface area contributed by atoms with Crippen LogP contribution in [0.4, 0.5) is 0 Å². The van der Waals surface area contributed by atoms with Crippen molar-refractivity contribution in [2.24, 2.45) is 5.73 Å². The number of phenols is 1. The Morgan fingerprint density at radius 3 is 2.62 bits per heavy atom.